The fourth-order valence-corrected chi connectivity index (χ4v) is 3.27. The van der Waals surface area contributed by atoms with Crippen LogP contribution in [0.15, 0.2) is 53.6 Å². The Balaban J connectivity index is 1.64. The Hall–Kier alpha value is -3.15. The minimum absolute atomic E-state index is 0.0530. The number of benzene rings is 1. The molecule has 1 N–H and O–H groups in total. The van der Waals surface area contributed by atoms with Gasteiger partial charge in [0.2, 0.25) is 0 Å². The average Bonchev–Trinajstić information content (AvgIpc) is 3.52. The van der Waals surface area contributed by atoms with Crippen LogP contribution in [-0.4, -0.2) is 22.4 Å². The summed E-state index contributed by atoms with van der Waals surface area (Å²) in [5, 5.41) is 3.04. The topological polar surface area (TPSA) is 72.7 Å². The molecule has 1 aromatic carbocycles. The van der Waals surface area contributed by atoms with E-state index < -0.39 is 5.91 Å². The minimum atomic E-state index is -0.392. The van der Waals surface area contributed by atoms with Crippen molar-refractivity contribution in [3.8, 4) is 5.75 Å². The van der Waals surface area contributed by atoms with Crippen molar-refractivity contribution in [1.29, 1.82) is 0 Å². The Bertz CT molecular complexity index is 1050. The largest absolute Gasteiger partial charge is 0.497 e. The summed E-state index contributed by atoms with van der Waals surface area (Å²) in [7, 11) is 1.62. The Morgan fingerprint density at radius 3 is 2.63 bits per heavy atom. The molecule has 1 unspecified atom stereocenters. The van der Waals surface area contributed by atoms with E-state index in [0.717, 1.165) is 29.7 Å². The average molecular weight is 363 g/mol. The molecule has 1 saturated carbocycles. The molecule has 0 bridgehead atoms. The number of aromatic nitrogens is 2. The van der Waals surface area contributed by atoms with Gasteiger partial charge < -0.3 is 10.1 Å². The quantitative estimate of drug-likeness (QED) is 0.756. The molecule has 1 amide bonds. The Morgan fingerprint density at radius 1 is 1.22 bits per heavy atom. The number of amides is 1. The molecule has 0 radical (unpaired) electrons. The summed E-state index contributed by atoms with van der Waals surface area (Å²) >= 11 is 0. The highest BCUT2D eigenvalue weighted by Gasteiger charge is 2.34. The predicted octanol–water partition coefficient (Wildman–Crippen LogP) is 2.89. The number of methoxy groups -OCH3 is 1. The summed E-state index contributed by atoms with van der Waals surface area (Å²) in [6, 6.07) is 11.2. The van der Waals surface area contributed by atoms with Gasteiger partial charge in [-0.25, -0.2) is 4.98 Å². The molecule has 3 aromatic rings. The lowest BCUT2D eigenvalue weighted by Crippen LogP contribution is -2.35. The number of nitrogens with zero attached hydrogens (tertiary/aromatic N) is 2. The highest BCUT2D eigenvalue weighted by molar-refractivity contribution is 5.94. The van der Waals surface area contributed by atoms with Gasteiger partial charge in [-0.1, -0.05) is 18.2 Å². The summed E-state index contributed by atoms with van der Waals surface area (Å²) in [4.78, 5) is 29.9. The van der Waals surface area contributed by atoms with Crippen molar-refractivity contribution in [2.45, 2.75) is 25.8 Å². The monoisotopic (exact) mass is 363 g/mol. The molecule has 0 saturated heterocycles. The number of hydrogen-bond acceptors (Lipinski definition) is 4. The maximum atomic E-state index is 12.8. The zero-order chi connectivity index (χ0) is 19.0. The molecular weight excluding hydrogens is 342 g/mol. The number of ether oxygens (including phenoxy) is 1. The second-order valence-electron chi connectivity index (χ2n) is 6.97. The summed E-state index contributed by atoms with van der Waals surface area (Å²) in [6.45, 7) is 1.89. The Kier molecular flexibility index (Phi) is 4.39. The molecule has 2 aromatic heterocycles. The van der Waals surface area contributed by atoms with Crippen LogP contribution in [0.5, 0.6) is 5.75 Å². The first kappa shape index (κ1) is 17.3. The molecule has 6 heteroatoms. The van der Waals surface area contributed by atoms with E-state index in [4.69, 9.17) is 4.74 Å². The van der Waals surface area contributed by atoms with Crippen LogP contribution in [0.1, 0.15) is 40.4 Å². The van der Waals surface area contributed by atoms with Gasteiger partial charge in [0, 0.05) is 12.4 Å². The van der Waals surface area contributed by atoms with E-state index in [-0.39, 0.29) is 17.2 Å². The van der Waals surface area contributed by atoms with Crippen LogP contribution < -0.4 is 15.6 Å². The number of carbonyl (C=O) groups is 1. The molecule has 0 aliphatic heterocycles. The van der Waals surface area contributed by atoms with E-state index in [2.05, 4.69) is 10.3 Å². The summed E-state index contributed by atoms with van der Waals surface area (Å²) in [5.41, 5.74) is 2.16. The van der Waals surface area contributed by atoms with Crippen LogP contribution in [0.2, 0.25) is 0 Å². The zero-order valence-electron chi connectivity index (χ0n) is 15.3. The number of hydrogen-bond donors (Lipinski definition) is 1. The van der Waals surface area contributed by atoms with E-state index in [9.17, 15) is 9.59 Å². The third-order valence-corrected chi connectivity index (χ3v) is 4.95. The normalized spacial score (nSPS) is 14.7. The standard InChI is InChI=1S/C21H21N3O3/c1-13-3-10-18-22-11-17(21(26)24(18)12-13)20(25)23-19(14-4-5-14)15-6-8-16(27-2)9-7-15/h3,6-12,14,19H,4-5H2,1-2H3,(H,23,25). The van der Waals surface area contributed by atoms with Crippen molar-refractivity contribution >= 4 is 11.6 Å². The first-order valence-electron chi connectivity index (χ1n) is 8.99. The molecule has 4 rings (SSSR count). The lowest BCUT2D eigenvalue weighted by molar-refractivity contribution is 0.0929. The lowest BCUT2D eigenvalue weighted by atomic mass is 10.0. The number of carbonyl (C=O) groups excluding carboxylic acids is 1. The van der Waals surface area contributed by atoms with Crippen LogP contribution in [0.4, 0.5) is 0 Å². The van der Waals surface area contributed by atoms with Gasteiger partial charge in [0.25, 0.3) is 11.5 Å². The number of rotatable bonds is 5. The first-order chi connectivity index (χ1) is 13.1. The molecule has 1 atom stereocenters. The van der Waals surface area contributed by atoms with Gasteiger partial charge in [-0.2, -0.15) is 0 Å². The molecule has 0 spiro atoms. The molecule has 2 heterocycles. The predicted molar refractivity (Wildman–Crippen MR) is 102 cm³/mol. The third kappa shape index (κ3) is 3.43. The summed E-state index contributed by atoms with van der Waals surface area (Å²) in [6.07, 6.45) is 5.18. The highest BCUT2D eigenvalue weighted by atomic mass is 16.5. The van der Waals surface area contributed by atoms with Crippen molar-refractivity contribution in [3.05, 3.63) is 75.8 Å². The van der Waals surface area contributed by atoms with Crippen LogP contribution in [-0.2, 0) is 0 Å². The minimum Gasteiger partial charge on any atom is -0.497 e. The maximum absolute atomic E-state index is 12.8. The van der Waals surface area contributed by atoms with Crippen LogP contribution in [0.25, 0.3) is 5.65 Å². The number of nitrogens with one attached hydrogen (secondary N) is 1. The lowest BCUT2D eigenvalue weighted by Gasteiger charge is -2.19. The second kappa shape index (κ2) is 6.87. The smallest absolute Gasteiger partial charge is 0.270 e. The fraction of sp³-hybridized carbons (Fsp3) is 0.286. The van der Waals surface area contributed by atoms with Crippen LogP contribution >= 0.6 is 0 Å². The van der Waals surface area contributed by atoms with Gasteiger partial charge >= 0.3 is 0 Å². The third-order valence-electron chi connectivity index (χ3n) is 4.95. The van der Waals surface area contributed by atoms with Gasteiger partial charge in [0.15, 0.2) is 0 Å². The molecule has 1 aliphatic rings. The van der Waals surface area contributed by atoms with Gasteiger partial charge in [-0.15, -0.1) is 0 Å². The first-order valence-corrected chi connectivity index (χ1v) is 8.99. The maximum Gasteiger partial charge on any atom is 0.270 e. The van der Waals surface area contributed by atoms with Crippen molar-refractivity contribution in [1.82, 2.24) is 14.7 Å². The molecule has 27 heavy (non-hydrogen) atoms. The van der Waals surface area contributed by atoms with E-state index in [1.165, 1.54) is 10.6 Å². The van der Waals surface area contributed by atoms with Gasteiger partial charge in [0.05, 0.1) is 13.2 Å². The number of fused-ring (bicyclic) bond motifs is 1. The van der Waals surface area contributed by atoms with E-state index in [1.54, 1.807) is 19.4 Å². The molecule has 1 fully saturated rings. The van der Waals surface area contributed by atoms with Gasteiger partial charge in [0.1, 0.15) is 17.0 Å². The number of pyridine rings is 1. The summed E-state index contributed by atoms with van der Waals surface area (Å²) in [5.74, 6) is 0.767. The van der Waals surface area contributed by atoms with Crippen LogP contribution in [0.3, 0.4) is 0 Å². The van der Waals surface area contributed by atoms with Crippen molar-refractivity contribution in [2.75, 3.05) is 7.11 Å². The number of aryl methyl sites for hydroxylation is 1. The molecule has 138 valence electrons. The second-order valence-corrected chi connectivity index (χ2v) is 6.97. The van der Waals surface area contributed by atoms with Gasteiger partial charge in [-0.05, 0) is 55.0 Å². The van der Waals surface area contributed by atoms with Crippen molar-refractivity contribution in [2.24, 2.45) is 5.92 Å². The van der Waals surface area contributed by atoms with E-state index >= 15 is 0 Å². The highest BCUT2D eigenvalue weighted by Crippen LogP contribution is 2.41. The van der Waals surface area contributed by atoms with Crippen molar-refractivity contribution < 1.29 is 9.53 Å². The van der Waals surface area contributed by atoms with Crippen LogP contribution in [0, 0.1) is 12.8 Å². The van der Waals surface area contributed by atoms with E-state index in [1.807, 2.05) is 37.3 Å². The zero-order valence-corrected chi connectivity index (χ0v) is 15.3. The Labute approximate surface area is 156 Å². The molecular formula is C21H21N3O3. The van der Waals surface area contributed by atoms with E-state index in [0.29, 0.717) is 11.6 Å². The Morgan fingerprint density at radius 2 is 1.96 bits per heavy atom. The molecule has 1 aliphatic carbocycles. The SMILES string of the molecule is COc1ccc(C(NC(=O)c2cnc3ccc(C)cn3c2=O)C2CC2)cc1. The molecule has 6 nitrogen and oxygen atoms in total. The summed E-state index contributed by atoms with van der Waals surface area (Å²) < 4.78 is 6.62. The fourth-order valence-electron chi connectivity index (χ4n) is 3.27. The van der Waals surface area contributed by atoms with Crippen molar-refractivity contribution in [3.63, 3.8) is 0 Å². The van der Waals surface area contributed by atoms with Gasteiger partial charge in [-0.3, -0.25) is 14.0 Å².